The maximum atomic E-state index is 14.0. The Morgan fingerprint density at radius 3 is 2.54 bits per heavy atom. The Hall–Kier alpha value is -2.37. The van der Waals surface area contributed by atoms with Gasteiger partial charge in [0.2, 0.25) is 5.95 Å². The van der Waals surface area contributed by atoms with Gasteiger partial charge >= 0.3 is 0 Å². The molecule has 1 aromatic heterocycles. The molecule has 26 heavy (non-hydrogen) atoms. The average Bonchev–Trinajstić information content (AvgIpc) is 2.98. The number of benzene rings is 2. The first kappa shape index (κ1) is 18.4. The van der Waals surface area contributed by atoms with Crippen LogP contribution in [0.25, 0.3) is 11.1 Å². The predicted octanol–water partition coefficient (Wildman–Crippen LogP) is 5.83. The van der Waals surface area contributed by atoms with E-state index in [9.17, 15) is 9.18 Å². The lowest BCUT2D eigenvalue weighted by Gasteiger charge is -2.12. The molecule has 0 atom stereocenters. The van der Waals surface area contributed by atoms with Crippen LogP contribution in [0.4, 0.5) is 10.1 Å². The first-order valence-corrected chi connectivity index (χ1v) is 8.73. The third-order valence-corrected chi connectivity index (χ3v) is 4.40. The van der Waals surface area contributed by atoms with Crippen molar-refractivity contribution >= 4 is 34.8 Å². The smallest absolute Gasteiger partial charge is 0.261 e. The topological polar surface area (TPSA) is 46.9 Å². The number of amides is 1. The number of nitrogens with one attached hydrogen (secondary N) is 1. The molecule has 7 heteroatoms. The van der Waals surface area contributed by atoms with Crippen LogP contribution in [0.2, 0.25) is 10.0 Å². The number of para-hydroxylation sites is 1. The molecule has 1 amide bonds. The molecule has 0 saturated carbocycles. The molecule has 2 aromatic carbocycles. The van der Waals surface area contributed by atoms with Gasteiger partial charge in [-0.25, -0.2) is 0 Å². The van der Waals surface area contributed by atoms with Crippen LogP contribution >= 0.6 is 23.2 Å². The Morgan fingerprint density at radius 2 is 1.88 bits per heavy atom. The second kappa shape index (κ2) is 7.48. The predicted molar refractivity (Wildman–Crippen MR) is 102 cm³/mol. The van der Waals surface area contributed by atoms with Gasteiger partial charge in [0, 0.05) is 39.1 Å². The van der Waals surface area contributed by atoms with Crippen molar-refractivity contribution in [3.8, 4) is 11.1 Å². The summed E-state index contributed by atoms with van der Waals surface area (Å²) < 4.78 is 15.4. The van der Waals surface area contributed by atoms with E-state index in [0.717, 1.165) is 0 Å². The van der Waals surface area contributed by atoms with Crippen LogP contribution in [-0.2, 0) is 0 Å². The largest absolute Gasteiger partial charge is 0.321 e. The number of hydrogen-bond donors (Lipinski definition) is 1. The van der Waals surface area contributed by atoms with E-state index in [0.29, 0.717) is 26.9 Å². The molecule has 1 heterocycles. The minimum atomic E-state index is -0.807. The number of hydrogen-bond acceptors (Lipinski definition) is 2. The highest BCUT2D eigenvalue weighted by Gasteiger charge is 2.19. The molecule has 0 aliphatic heterocycles. The second-order valence-electron chi connectivity index (χ2n) is 6.03. The van der Waals surface area contributed by atoms with Crippen LogP contribution in [0.1, 0.15) is 30.2 Å². The van der Waals surface area contributed by atoms with Crippen molar-refractivity contribution in [1.29, 1.82) is 0 Å². The minimum absolute atomic E-state index is 0.0498. The SMILES string of the molecule is CC(C)n1cc(C(=O)Nc2ccccc2-c2ccc(Cl)cc2Cl)c(F)n1. The Labute approximate surface area is 160 Å². The van der Waals surface area contributed by atoms with Gasteiger partial charge in [0.25, 0.3) is 5.91 Å². The molecule has 0 spiro atoms. The molecule has 0 fully saturated rings. The molecule has 3 rings (SSSR count). The lowest BCUT2D eigenvalue weighted by molar-refractivity contribution is 0.102. The number of carbonyl (C=O) groups is 1. The van der Waals surface area contributed by atoms with Crippen LogP contribution in [0, 0.1) is 5.95 Å². The van der Waals surface area contributed by atoms with E-state index in [1.54, 1.807) is 30.3 Å². The van der Waals surface area contributed by atoms with Crippen LogP contribution in [0.15, 0.2) is 48.7 Å². The van der Waals surface area contributed by atoms with Crippen molar-refractivity contribution < 1.29 is 9.18 Å². The van der Waals surface area contributed by atoms with Gasteiger partial charge in [0.1, 0.15) is 5.56 Å². The first-order chi connectivity index (χ1) is 12.4. The van der Waals surface area contributed by atoms with E-state index in [2.05, 4.69) is 10.4 Å². The molecule has 3 aromatic rings. The Morgan fingerprint density at radius 1 is 1.15 bits per heavy atom. The first-order valence-electron chi connectivity index (χ1n) is 7.97. The van der Waals surface area contributed by atoms with Gasteiger partial charge in [-0.1, -0.05) is 47.5 Å². The molecule has 0 aliphatic rings. The van der Waals surface area contributed by atoms with Crippen molar-refractivity contribution in [2.24, 2.45) is 0 Å². The van der Waals surface area contributed by atoms with Crippen LogP contribution in [0.5, 0.6) is 0 Å². The van der Waals surface area contributed by atoms with E-state index in [-0.39, 0.29) is 11.6 Å². The van der Waals surface area contributed by atoms with Gasteiger partial charge in [-0.3, -0.25) is 9.48 Å². The summed E-state index contributed by atoms with van der Waals surface area (Å²) in [5.41, 5.74) is 1.82. The van der Waals surface area contributed by atoms with E-state index >= 15 is 0 Å². The summed E-state index contributed by atoms with van der Waals surface area (Å²) in [6.45, 7) is 3.71. The van der Waals surface area contributed by atoms with Crippen molar-refractivity contribution in [1.82, 2.24) is 9.78 Å². The molecule has 4 nitrogen and oxygen atoms in total. The number of rotatable bonds is 4. The summed E-state index contributed by atoms with van der Waals surface area (Å²) in [6.07, 6.45) is 1.40. The molecule has 0 radical (unpaired) electrons. The highest BCUT2D eigenvalue weighted by molar-refractivity contribution is 6.36. The Kier molecular flexibility index (Phi) is 5.30. The normalized spacial score (nSPS) is 11.0. The number of carbonyl (C=O) groups excluding carboxylic acids is 1. The molecule has 0 bridgehead atoms. The standard InChI is InChI=1S/C19H16Cl2FN3O/c1-11(2)25-10-15(18(22)24-25)19(26)23-17-6-4-3-5-14(17)13-8-7-12(20)9-16(13)21/h3-11H,1-2H3,(H,23,26). The monoisotopic (exact) mass is 391 g/mol. The van der Waals surface area contributed by atoms with Crippen LogP contribution in [0.3, 0.4) is 0 Å². The fraction of sp³-hybridized carbons (Fsp3) is 0.158. The van der Waals surface area contributed by atoms with E-state index in [1.807, 2.05) is 26.0 Å². The Bertz CT molecular complexity index is 969. The van der Waals surface area contributed by atoms with Crippen molar-refractivity contribution in [3.63, 3.8) is 0 Å². The Balaban J connectivity index is 1.95. The van der Waals surface area contributed by atoms with Gasteiger partial charge in [-0.2, -0.15) is 4.39 Å². The molecular weight excluding hydrogens is 376 g/mol. The summed E-state index contributed by atoms with van der Waals surface area (Å²) in [4.78, 5) is 12.5. The summed E-state index contributed by atoms with van der Waals surface area (Å²) in [7, 11) is 0. The summed E-state index contributed by atoms with van der Waals surface area (Å²) in [6, 6.07) is 12.2. The van der Waals surface area contributed by atoms with E-state index in [4.69, 9.17) is 23.2 Å². The number of halogens is 3. The molecular formula is C19H16Cl2FN3O. The van der Waals surface area contributed by atoms with Gasteiger partial charge in [-0.05, 0) is 32.0 Å². The molecule has 1 N–H and O–H groups in total. The zero-order valence-electron chi connectivity index (χ0n) is 14.1. The fourth-order valence-corrected chi connectivity index (χ4v) is 3.02. The average molecular weight is 392 g/mol. The summed E-state index contributed by atoms with van der Waals surface area (Å²) in [5.74, 6) is -1.38. The van der Waals surface area contributed by atoms with Gasteiger partial charge in [0.05, 0.1) is 0 Å². The molecule has 0 saturated heterocycles. The number of anilines is 1. The van der Waals surface area contributed by atoms with Crippen LogP contribution in [-0.4, -0.2) is 15.7 Å². The zero-order valence-corrected chi connectivity index (χ0v) is 15.6. The quantitative estimate of drug-likeness (QED) is 0.607. The third kappa shape index (κ3) is 3.74. The molecule has 0 unspecified atom stereocenters. The van der Waals surface area contributed by atoms with Gasteiger partial charge < -0.3 is 5.32 Å². The van der Waals surface area contributed by atoms with E-state index < -0.39 is 11.9 Å². The molecule has 0 aliphatic carbocycles. The lowest BCUT2D eigenvalue weighted by atomic mass is 10.0. The maximum Gasteiger partial charge on any atom is 0.261 e. The van der Waals surface area contributed by atoms with Gasteiger partial charge in [0.15, 0.2) is 0 Å². The summed E-state index contributed by atoms with van der Waals surface area (Å²) >= 11 is 12.2. The third-order valence-electron chi connectivity index (χ3n) is 3.86. The van der Waals surface area contributed by atoms with E-state index in [1.165, 1.54) is 10.9 Å². The maximum absolute atomic E-state index is 14.0. The number of nitrogens with zero attached hydrogens (tertiary/aromatic N) is 2. The van der Waals surface area contributed by atoms with Gasteiger partial charge in [-0.15, -0.1) is 5.10 Å². The lowest BCUT2D eigenvalue weighted by Crippen LogP contribution is -2.13. The summed E-state index contributed by atoms with van der Waals surface area (Å²) in [5, 5.41) is 7.44. The highest BCUT2D eigenvalue weighted by Crippen LogP contribution is 2.35. The number of aromatic nitrogens is 2. The second-order valence-corrected chi connectivity index (χ2v) is 6.87. The van der Waals surface area contributed by atoms with Crippen molar-refractivity contribution in [3.05, 3.63) is 70.2 Å². The van der Waals surface area contributed by atoms with Crippen molar-refractivity contribution in [2.75, 3.05) is 5.32 Å². The minimum Gasteiger partial charge on any atom is -0.321 e. The fourth-order valence-electron chi connectivity index (χ4n) is 2.51. The zero-order chi connectivity index (χ0) is 18.8. The molecule has 134 valence electrons. The highest BCUT2D eigenvalue weighted by atomic mass is 35.5. The van der Waals surface area contributed by atoms with Crippen LogP contribution < -0.4 is 5.32 Å². The van der Waals surface area contributed by atoms with Crippen molar-refractivity contribution in [2.45, 2.75) is 19.9 Å².